The van der Waals surface area contributed by atoms with E-state index < -0.39 is 0 Å². The van der Waals surface area contributed by atoms with Gasteiger partial charge in [-0.1, -0.05) is 6.42 Å². The molecule has 3 N–H and O–H groups in total. The van der Waals surface area contributed by atoms with Crippen LogP contribution in [-0.4, -0.2) is 61.0 Å². The van der Waals surface area contributed by atoms with Gasteiger partial charge in [-0.15, -0.1) is 12.4 Å². The fourth-order valence-electron chi connectivity index (χ4n) is 3.27. The number of urea groups is 1. The number of carbonyl (C=O) groups is 2. The molecule has 0 unspecified atom stereocenters. The normalized spacial score (nSPS) is 25.4. The molecule has 0 spiro atoms. The van der Waals surface area contributed by atoms with Crippen LogP contribution in [0.25, 0.3) is 0 Å². The number of rotatable bonds is 3. The number of nitrogens with zero attached hydrogens (tertiary/aromatic N) is 2. The van der Waals surface area contributed by atoms with Gasteiger partial charge in [0, 0.05) is 38.6 Å². The van der Waals surface area contributed by atoms with Crippen LogP contribution < -0.4 is 11.1 Å². The van der Waals surface area contributed by atoms with Crippen molar-refractivity contribution in [2.45, 2.75) is 26.2 Å². The predicted molar refractivity (Wildman–Crippen MR) is 84.4 cm³/mol. The highest BCUT2D eigenvalue weighted by Gasteiger charge is 2.35. The fourth-order valence-corrected chi connectivity index (χ4v) is 3.27. The summed E-state index contributed by atoms with van der Waals surface area (Å²) in [5.41, 5.74) is 5.75. The van der Waals surface area contributed by atoms with Crippen molar-refractivity contribution in [1.82, 2.24) is 15.1 Å². The Bertz CT molecular complexity index is 359. The fraction of sp³-hybridized carbons (Fsp3) is 0.857. The lowest BCUT2D eigenvalue weighted by Gasteiger charge is -2.36. The molecule has 0 aromatic rings. The summed E-state index contributed by atoms with van der Waals surface area (Å²) in [5.74, 6) is 0.702. The van der Waals surface area contributed by atoms with Crippen LogP contribution >= 0.6 is 12.4 Å². The molecule has 0 bridgehead atoms. The van der Waals surface area contributed by atoms with Crippen LogP contribution in [0.2, 0.25) is 0 Å². The molecule has 1 saturated heterocycles. The first kappa shape index (κ1) is 18.0. The van der Waals surface area contributed by atoms with Gasteiger partial charge in [0.1, 0.15) is 0 Å². The second kappa shape index (κ2) is 8.44. The van der Waals surface area contributed by atoms with Crippen molar-refractivity contribution in [2.24, 2.45) is 17.6 Å². The van der Waals surface area contributed by atoms with Crippen LogP contribution in [0.5, 0.6) is 0 Å². The van der Waals surface area contributed by atoms with Crippen molar-refractivity contribution in [2.75, 3.05) is 39.3 Å². The molecular formula is C14H27ClN4O2. The van der Waals surface area contributed by atoms with Gasteiger partial charge in [0.15, 0.2) is 0 Å². The number of hydrogen-bond acceptors (Lipinski definition) is 3. The van der Waals surface area contributed by atoms with Crippen LogP contribution in [0.1, 0.15) is 26.2 Å². The van der Waals surface area contributed by atoms with E-state index in [0.717, 1.165) is 19.3 Å². The molecule has 1 heterocycles. The van der Waals surface area contributed by atoms with Gasteiger partial charge in [-0.25, -0.2) is 4.79 Å². The largest absolute Gasteiger partial charge is 0.339 e. The average Bonchev–Trinajstić information content (AvgIpc) is 2.95. The number of amides is 3. The molecule has 122 valence electrons. The molecule has 7 heteroatoms. The van der Waals surface area contributed by atoms with Crippen molar-refractivity contribution in [1.29, 1.82) is 0 Å². The second-order valence-corrected chi connectivity index (χ2v) is 5.68. The lowest BCUT2D eigenvalue weighted by Crippen LogP contribution is -2.54. The summed E-state index contributed by atoms with van der Waals surface area (Å²) in [6.45, 7) is 5.68. The molecule has 3 amide bonds. The van der Waals surface area contributed by atoms with E-state index in [2.05, 4.69) is 5.32 Å². The molecule has 1 aliphatic carbocycles. The SMILES string of the molecule is CCNC(=O)N1CCN(C(=O)[C@@H]2CCC[C@@H]2CN)CC1.Cl. The number of nitrogens with one attached hydrogen (secondary N) is 1. The Morgan fingerprint density at radius 2 is 1.76 bits per heavy atom. The topological polar surface area (TPSA) is 78.7 Å². The van der Waals surface area contributed by atoms with Gasteiger partial charge >= 0.3 is 6.03 Å². The van der Waals surface area contributed by atoms with E-state index in [1.165, 1.54) is 0 Å². The summed E-state index contributed by atoms with van der Waals surface area (Å²) in [6, 6.07) is -0.0275. The van der Waals surface area contributed by atoms with Crippen molar-refractivity contribution in [3.8, 4) is 0 Å². The first-order valence-corrected chi connectivity index (χ1v) is 7.69. The van der Waals surface area contributed by atoms with Gasteiger partial charge in [0.25, 0.3) is 0 Å². The van der Waals surface area contributed by atoms with Gasteiger partial charge in [-0.05, 0) is 32.2 Å². The Morgan fingerprint density at radius 1 is 1.14 bits per heavy atom. The van der Waals surface area contributed by atoms with Crippen molar-refractivity contribution in [3.05, 3.63) is 0 Å². The van der Waals surface area contributed by atoms with E-state index in [-0.39, 0.29) is 30.3 Å². The summed E-state index contributed by atoms with van der Waals surface area (Å²) in [4.78, 5) is 27.9. The first-order valence-electron chi connectivity index (χ1n) is 7.69. The van der Waals surface area contributed by atoms with Gasteiger partial charge in [-0.3, -0.25) is 4.79 Å². The van der Waals surface area contributed by atoms with E-state index in [4.69, 9.17) is 5.73 Å². The van der Waals surface area contributed by atoms with Gasteiger partial charge < -0.3 is 20.9 Å². The maximum Gasteiger partial charge on any atom is 0.317 e. The molecule has 6 nitrogen and oxygen atoms in total. The minimum Gasteiger partial charge on any atom is -0.339 e. The maximum atomic E-state index is 12.5. The zero-order valence-electron chi connectivity index (χ0n) is 12.7. The molecule has 2 atom stereocenters. The highest BCUT2D eigenvalue weighted by atomic mass is 35.5. The molecule has 1 aliphatic heterocycles. The molecule has 0 radical (unpaired) electrons. The van der Waals surface area contributed by atoms with E-state index >= 15 is 0 Å². The van der Waals surface area contributed by atoms with Gasteiger partial charge in [0.05, 0.1) is 0 Å². The number of carbonyl (C=O) groups excluding carboxylic acids is 2. The Morgan fingerprint density at radius 3 is 2.33 bits per heavy atom. The molecule has 0 aromatic carbocycles. The average molecular weight is 319 g/mol. The van der Waals surface area contributed by atoms with Crippen LogP contribution in [-0.2, 0) is 4.79 Å². The van der Waals surface area contributed by atoms with Crippen LogP contribution in [0.4, 0.5) is 4.79 Å². The summed E-state index contributed by atoms with van der Waals surface area (Å²) < 4.78 is 0. The Labute approximate surface area is 132 Å². The zero-order chi connectivity index (χ0) is 14.5. The lowest BCUT2D eigenvalue weighted by atomic mass is 9.94. The van der Waals surface area contributed by atoms with E-state index in [1.54, 1.807) is 4.90 Å². The summed E-state index contributed by atoms with van der Waals surface area (Å²) >= 11 is 0. The van der Waals surface area contributed by atoms with Crippen LogP contribution in [0.15, 0.2) is 0 Å². The summed E-state index contributed by atoms with van der Waals surface area (Å²) in [7, 11) is 0. The maximum absolute atomic E-state index is 12.5. The Hall–Kier alpha value is -1.01. The quantitative estimate of drug-likeness (QED) is 0.802. The Balaban J connectivity index is 0.00000220. The van der Waals surface area contributed by atoms with Crippen molar-refractivity contribution >= 4 is 24.3 Å². The van der Waals surface area contributed by atoms with Crippen LogP contribution in [0.3, 0.4) is 0 Å². The lowest BCUT2D eigenvalue weighted by molar-refractivity contribution is -0.138. The molecular weight excluding hydrogens is 292 g/mol. The van der Waals surface area contributed by atoms with Crippen molar-refractivity contribution in [3.63, 3.8) is 0 Å². The van der Waals surface area contributed by atoms with E-state index in [1.807, 2.05) is 11.8 Å². The van der Waals surface area contributed by atoms with Gasteiger partial charge in [0.2, 0.25) is 5.91 Å². The Kier molecular flexibility index (Phi) is 7.25. The highest BCUT2D eigenvalue weighted by Crippen LogP contribution is 2.32. The van der Waals surface area contributed by atoms with E-state index in [9.17, 15) is 9.59 Å². The molecule has 1 saturated carbocycles. The first-order chi connectivity index (χ1) is 9.67. The third kappa shape index (κ3) is 4.23. The second-order valence-electron chi connectivity index (χ2n) is 5.68. The third-order valence-electron chi connectivity index (χ3n) is 4.49. The standard InChI is InChI=1S/C14H26N4O2.ClH/c1-2-16-14(20)18-8-6-17(7-9-18)13(19)12-5-3-4-11(12)10-15;/h11-12H,2-10,15H2,1H3,(H,16,20);1H/t11-,12-;/m1./s1. The highest BCUT2D eigenvalue weighted by molar-refractivity contribution is 5.85. The van der Waals surface area contributed by atoms with Crippen LogP contribution in [0, 0.1) is 11.8 Å². The molecule has 2 fully saturated rings. The predicted octanol–water partition coefficient (Wildman–Crippen LogP) is 0.657. The smallest absolute Gasteiger partial charge is 0.317 e. The summed E-state index contributed by atoms with van der Waals surface area (Å²) in [6.07, 6.45) is 3.15. The minimum absolute atomic E-state index is 0. The number of piperazine rings is 1. The monoisotopic (exact) mass is 318 g/mol. The third-order valence-corrected chi connectivity index (χ3v) is 4.49. The molecule has 21 heavy (non-hydrogen) atoms. The molecule has 2 rings (SSSR count). The zero-order valence-corrected chi connectivity index (χ0v) is 13.5. The van der Waals surface area contributed by atoms with E-state index in [0.29, 0.717) is 45.2 Å². The molecule has 0 aromatic heterocycles. The van der Waals surface area contributed by atoms with Crippen molar-refractivity contribution < 1.29 is 9.59 Å². The number of halogens is 1. The van der Waals surface area contributed by atoms with Gasteiger partial charge in [-0.2, -0.15) is 0 Å². The number of hydrogen-bond donors (Lipinski definition) is 2. The molecule has 2 aliphatic rings. The summed E-state index contributed by atoms with van der Waals surface area (Å²) in [5, 5.41) is 2.80. The minimum atomic E-state index is -0.0275. The number of nitrogens with two attached hydrogens (primary N) is 1.